The third-order valence-corrected chi connectivity index (χ3v) is 5.53. The Kier molecular flexibility index (Phi) is 5.07. The van der Waals surface area contributed by atoms with Gasteiger partial charge >= 0.3 is 6.09 Å². The standard InChI is InChI=1S/C18H25N3O5S/c1-18(2,3)26-17(22)21-9-5-7-13(21)10-25-14-8-4-6-12-11-27(23,24)20-16(19)15(12)14/h4,6,8,13H,5,7,9-11H2,1-3H3,(H2,19,20)/t13-/m0/s1. The van der Waals surface area contributed by atoms with Crippen LogP contribution in [-0.4, -0.2) is 50.0 Å². The van der Waals surface area contributed by atoms with Crippen LogP contribution in [0.3, 0.4) is 0 Å². The van der Waals surface area contributed by atoms with Crippen LogP contribution in [0.25, 0.3) is 0 Å². The third-order valence-electron chi connectivity index (χ3n) is 4.38. The Morgan fingerprint density at radius 3 is 2.81 bits per heavy atom. The zero-order valence-electron chi connectivity index (χ0n) is 15.8. The Balaban J connectivity index is 1.73. The average Bonchev–Trinajstić information content (AvgIpc) is 2.98. The molecule has 0 bridgehead atoms. The SMILES string of the molecule is CC(C)(C)OC(=O)N1CCC[C@H]1COc1cccc2c1C(N)=NS(=O)(=O)C2. The van der Waals surface area contributed by atoms with Crippen molar-refractivity contribution in [2.75, 3.05) is 13.2 Å². The molecule has 1 atom stereocenters. The number of sulfonamides is 1. The van der Waals surface area contributed by atoms with Gasteiger partial charge in [-0.15, -0.1) is 4.40 Å². The molecule has 0 unspecified atom stereocenters. The summed E-state index contributed by atoms with van der Waals surface area (Å²) >= 11 is 0. The van der Waals surface area contributed by atoms with E-state index in [9.17, 15) is 13.2 Å². The van der Waals surface area contributed by atoms with Gasteiger partial charge in [-0.05, 0) is 45.2 Å². The highest BCUT2D eigenvalue weighted by atomic mass is 32.2. The Labute approximate surface area is 159 Å². The number of rotatable bonds is 3. The predicted molar refractivity (Wildman–Crippen MR) is 101 cm³/mol. The average molecular weight is 395 g/mol. The van der Waals surface area contributed by atoms with E-state index in [4.69, 9.17) is 15.2 Å². The lowest BCUT2D eigenvalue weighted by Gasteiger charge is -2.29. The molecule has 1 amide bonds. The number of likely N-dealkylation sites (tertiary alicyclic amines) is 1. The zero-order chi connectivity index (χ0) is 19.8. The van der Waals surface area contributed by atoms with Crippen LogP contribution in [0.1, 0.15) is 44.7 Å². The first-order chi connectivity index (χ1) is 12.6. The van der Waals surface area contributed by atoms with Crippen LogP contribution < -0.4 is 10.5 Å². The lowest BCUT2D eigenvalue weighted by atomic mass is 10.1. The van der Waals surface area contributed by atoms with E-state index in [1.807, 2.05) is 20.8 Å². The van der Waals surface area contributed by atoms with Gasteiger partial charge in [0.15, 0.2) is 0 Å². The molecule has 27 heavy (non-hydrogen) atoms. The first-order valence-electron chi connectivity index (χ1n) is 8.88. The van der Waals surface area contributed by atoms with Gasteiger partial charge in [0.2, 0.25) is 0 Å². The van der Waals surface area contributed by atoms with E-state index in [2.05, 4.69) is 4.40 Å². The van der Waals surface area contributed by atoms with Crippen LogP contribution in [0.2, 0.25) is 0 Å². The van der Waals surface area contributed by atoms with Gasteiger partial charge in [0, 0.05) is 6.54 Å². The van der Waals surface area contributed by atoms with Crippen LogP contribution in [0.4, 0.5) is 4.79 Å². The van der Waals surface area contributed by atoms with Gasteiger partial charge in [-0.3, -0.25) is 0 Å². The normalized spacial score (nSPS) is 21.4. The molecule has 9 heteroatoms. The molecule has 0 saturated carbocycles. The first-order valence-corrected chi connectivity index (χ1v) is 10.5. The highest BCUT2D eigenvalue weighted by Crippen LogP contribution is 2.29. The summed E-state index contributed by atoms with van der Waals surface area (Å²) in [6, 6.07) is 5.04. The van der Waals surface area contributed by atoms with Gasteiger partial charge in [0.1, 0.15) is 23.8 Å². The Bertz CT molecular complexity index is 873. The second-order valence-corrected chi connectivity index (χ2v) is 9.41. The molecule has 8 nitrogen and oxygen atoms in total. The second kappa shape index (κ2) is 7.03. The number of hydrogen-bond acceptors (Lipinski definition) is 6. The molecule has 2 N–H and O–H groups in total. The molecule has 0 spiro atoms. The summed E-state index contributed by atoms with van der Waals surface area (Å²) in [5.41, 5.74) is 6.38. The highest BCUT2D eigenvalue weighted by molar-refractivity contribution is 7.89. The molecule has 2 aliphatic heterocycles. The molecule has 1 fully saturated rings. The van der Waals surface area contributed by atoms with Crippen molar-refractivity contribution in [1.29, 1.82) is 0 Å². The molecule has 1 aromatic rings. The molecule has 2 heterocycles. The van der Waals surface area contributed by atoms with Gasteiger partial charge in [-0.1, -0.05) is 12.1 Å². The van der Waals surface area contributed by atoms with E-state index in [-0.39, 0.29) is 30.3 Å². The number of hydrogen-bond donors (Lipinski definition) is 1. The monoisotopic (exact) mass is 395 g/mol. The maximum absolute atomic E-state index is 12.4. The molecule has 0 aromatic heterocycles. The maximum atomic E-state index is 12.4. The summed E-state index contributed by atoms with van der Waals surface area (Å²) in [6.45, 7) is 6.39. The van der Waals surface area contributed by atoms with E-state index in [1.54, 1.807) is 23.1 Å². The Morgan fingerprint density at radius 1 is 1.37 bits per heavy atom. The van der Waals surface area contributed by atoms with Crippen molar-refractivity contribution in [3.05, 3.63) is 29.3 Å². The van der Waals surface area contributed by atoms with E-state index < -0.39 is 15.6 Å². The van der Waals surface area contributed by atoms with Gasteiger partial charge in [-0.2, -0.15) is 0 Å². The topological polar surface area (TPSA) is 111 Å². The number of carbonyl (C=O) groups excluding carboxylic acids is 1. The van der Waals surface area contributed by atoms with Crippen molar-refractivity contribution in [2.45, 2.75) is 51.0 Å². The van der Waals surface area contributed by atoms with Crippen LogP contribution >= 0.6 is 0 Å². The molecule has 3 rings (SSSR count). The fraction of sp³-hybridized carbons (Fsp3) is 0.556. The highest BCUT2D eigenvalue weighted by Gasteiger charge is 2.33. The smallest absolute Gasteiger partial charge is 0.410 e. The van der Waals surface area contributed by atoms with E-state index in [1.165, 1.54) is 0 Å². The van der Waals surface area contributed by atoms with E-state index in [0.29, 0.717) is 23.4 Å². The van der Waals surface area contributed by atoms with Crippen molar-refractivity contribution in [3.63, 3.8) is 0 Å². The number of fused-ring (bicyclic) bond motifs is 1. The number of nitrogens with zero attached hydrogens (tertiary/aromatic N) is 2. The predicted octanol–water partition coefficient (Wildman–Crippen LogP) is 2.01. The zero-order valence-corrected chi connectivity index (χ0v) is 16.6. The first kappa shape index (κ1) is 19.5. The molecular formula is C18H25N3O5S. The minimum atomic E-state index is -3.59. The van der Waals surface area contributed by atoms with Crippen LogP contribution in [0.5, 0.6) is 5.75 Å². The van der Waals surface area contributed by atoms with Gasteiger partial charge < -0.3 is 20.1 Å². The largest absolute Gasteiger partial charge is 0.491 e. The molecule has 2 aliphatic rings. The molecule has 148 valence electrons. The lowest BCUT2D eigenvalue weighted by molar-refractivity contribution is 0.0187. The summed E-state index contributed by atoms with van der Waals surface area (Å²) in [6.07, 6.45) is 1.34. The molecule has 0 aliphatic carbocycles. The quantitative estimate of drug-likeness (QED) is 0.838. The van der Waals surface area contributed by atoms with Crippen molar-refractivity contribution in [3.8, 4) is 5.75 Å². The fourth-order valence-electron chi connectivity index (χ4n) is 3.29. The van der Waals surface area contributed by atoms with Crippen LogP contribution in [0, 0.1) is 0 Å². The van der Waals surface area contributed by atoms with Crippen molar-refractivity contribution < 1.29 is 22.7 Å². The number of amidine groups is 1. The number of carbonyl (C=O) groups is 1. The summed E-state index contributed by atoms with van der Waals surface area (Å²) in [5, 5.41) is 0. The van der Waals surface area contributed by atoms with E-state index in [0.717, 1.165) is 12.8 Å². The van der Waals surface area contributed by atoms with Crippen molar-refractivity contribution >= 4 is 22.0 Å². The number of amides is 1. The van der Waals surface area contributed by atoms with Crippen LogP contribution in [-0.2, 0) is 20.5 Å². The van der Waals surface area contributed by atoms with Crippen LogP contribution in [0.15, 0.2) is 22.6 Å². The minimum Gasteiger partial charge on any atom is -0.491 e. The molecule has 0 radical (unpaired) electrons. The van der Waals surface area contributed by atoms with Gasteiger partial charge in [-0.25, -0.2) is 13.2 Å². The van der Waals surface area contributed by atoms with Gasteiger partial charge in [0.25, 0.3) is 10.0 Å². The minimum absolute atomic E-state index is 0.0673. The molecule has 1 saturated heterocycles. The number of ether oxygens (including phenoxy) is 2. The van der Waals surface area contributed by atoms with Crippen molar-refractivity contribution in [1.82, 2.24) is 4.90 Å². The number of nitrogens with two attached hydrogens (primary N) is 1. The fourth-order valence-corrected chi connectivity index (χ4v) is 4.38. The third kappa shape index (κ3) is 4.52. The summed E-state index contributed by atoms with van der Waals surface area (Å²) < 4.78 is 38.5. The molecular weight excluding hydrogens is 370 g/mol. The summed E-state index contributed by atoms with van der Waals surface area (Å²) in [5.74, 6) is 0.204. The summed E-state index contributed by atoms with van der Waals surface area (Å²) in [4.78, 5) is 14.1. The number of benzene rings is 1. The maximum Gasteiger partial charge on any atom is 0.410 e. The molecule has 1 aromatic carbocycles. The Morgan fingerprint density at radius 2 is 2.11 bits per heavy atom. The van der Waals surface area contributed by atoms with E-state index >= 15 is 0 Å². The van der Waals surface area contributed by atoms with Crippen molar-refractivity contribution in [2.24, 2.45) is 10.1 Å². The Hall–Kier alpha value is -2.29. The lowest BCUT2D eigenvalue weighted by Crippen LogP contribution is -2.42. The van der Waals surface area contributed by atoms with Gasteiger partial charge in [0.05, 0.1) is 17.4 Å². The second-order valence-electron chi connectivity index (χ2n) is 7.77. The summed E-state index contributed by atoms with van der Waals surface area (Å²) in [7, 11) is -3.59.